The number of aryl methyl sites for hydroxylation is 1. The first kappa shape index (κ1) is 12.5. The van der Waals surface area contributed by atoms with E-state index in [-0.39, 0.29) is 5.60 Å². The second-order valence-corrected chi connectivity index (χ2v) is 4.48. The van der Waals surface area contributed by atoms with Gasteiger partial charge in [0.1, 0.15) is 6.07 Å². The van der Waals surface area contributed by atoms with Crippen LogP contribution in [0.15, 0.2) is 18.2 Å². The van der Waals surface area contributed by atoms with Crippen LogP contribution in [0.2, 0.25) is 0 Å². The predicted molar refractivity (Wildman–Crippen MR) is 65.5 cm³/mol. The summed E-state index contributed by atoms with van der Waals surface area (Å²) in [7, 11) is 1.68. The van der Waals surface area contributed by atoms with Crippen LogP contribution in [0, 0.1) is 18.3 Å². The number of anilines is 1. The van der Waals surface area contributed by atoms with Gasteiger partial charge in [0, 0.05) is 13.7 Å². The average Bonchev–Trinajstić information content (AvgIpc) is 2.27. The van der Waals surface area contributed by atoms with Gasteiger partial charge in [0.25, 0.3) is 0 Å². The molecule has 0 saturated heterocycles. The fourth-order valence-corrected chi connectivity index (χ4v) is 1.28. The van der Waals surface area contributed by atoms with Crippen LogP contribution in [0.25, 0.3) is 0 Å². The molecule has 1 aromatic rings. The van der Waals surface area contributed by atoms with E-state index < -0.39 is 0 Å². The van der Waals surface area contributed by atoms with Gasteiger partial charge in [-0.3, -0.25) is 0 Å². The lowest BCUT2D eigenvalue weighted by atomic mass is 10.1. The monoisotopic (exact) mass is 218 g/mol. The van der Waals surface area contributed by atoms with Gasteiger partial charge in [-0.15, -0.1) is 0 Å². The Morgan fingerprint density at radius 1 is 1.44 bits per heavy atom. The van der Waals surface area contributed by atoms with Crippen LogP contribution in [0.4, 0.5) is 5.69 Å². The lowest BCUT2D eigenvalue weighted by molar-refractivity contribution is 0.0344. The summed E-state index contributed by atoms with van der Waals surface area (Å²) < 4.78 is 5.31. The third-order valence-corrected chi connectivity index (χ3v) is 2.55. The highest BCUT2D eigenvalue weighted by Crippen LogP contribution is 2.18. The van der Waals surface area contributed by atoms with E-state index in [1.54, 1.807) is 7.11 Å². The molecule has 0 spiro atoms. The molecule has 3 nitrogen and oxygen atoms in total. The summed E-state index contributed by atoms with van der Waals surface area (Å²) in [6.07, 6.45) is 0. The van der Waals surface area contributed by atoms with E-state index in [1.165, 1.54) is 0 Å². The van der Waals surface area contributed by atoms with Crippen molar-refractivity contribution < 1.29 is 4.74 Å². The number of benzene rings is 1. The van der Waals surface area contributed by atoms with Crippen molar-refractivity contribution in [2.24, 2.45) is 0 Å². The minimum atomic E-state index is -0.238. The van der Waals surface area contributed by atoms with E-state index in [0.29, 0.717) is 12.1 Å². The summed E-state index contributed by atoms with van der Waals surface area (Å²) in [4.78, 5) is 0. The fourth-order valence-electron chi connectivity index (χ4n) is 1.28. The zero-order valence-corrected chi connectivity index (χ0v) is 10.3. The van der Waals surface area contributed by atoms with Gasteiger partial charge in [0.15, 0.2) is 0 Å². The van der Waals surface area contributed by atoms with Gasteiger partial charge >= 0.3 is 0 Å². The molecular weight excluding hydrogens is 200 g/mol. The highest BCUT2D eigenvalue weighted by Gasteiger charge is 2.16. The largest absolute Gasteiger partial charge is 0.381 e. The molecule has 0 bridgehead atoms. The van der Waals surface area contributed by atoms with E-state index in [4.69, 9.17) is 10.00 Å². The lowest BCUT2D eigenvalue weighted by Crippen LogP contribution is -2.32. The number of rotatable bonds is 4. The van der Waals surface area contributed by atoms with Crippen LogP contribution in [0.3, 0.4) is 0 Å². The Morgan fingerprint density at radius 2 is 2.12 bits per heavy atom. The predicted octanol–water partition coefficient (Wildman–Crippen LogP) is 2.70. The van der Waals surface area contributed by atoms with Crippen molar-refractivity contribution in [3.05, 3.63) is 29.3 Å². The Kier molecular flexibility index (Phi) is 3.92. The number of nitrogens with zero attached hydrogens (tertiary/aromatic N) is 1. The average molecular weight is 218 g/mol. The Hall–Kier alpha value is -1.53. The van der Waals surface area contributed by atoms with E-state index in [2.05, 4.69) is 11.4 Å². The van der Waals surface area contributed by atoms with Crippen molar-refractivity contribution in [2.75, 3.05) is 19.0 Å². The summed E-state index contributed by atoms with van der Waals surface area (Å²) >= 11 is 0. The molecule has 0 unspecified atom stereocenters. The van der Waals surface area contributed by atoms with Crippen molar-refractivity contribution in [1.82, 2.24) is 0 Å². The molecule has 3 heteroatoms. The molecule has 0 atom stereocenters. The third kappa shape index (κ3) is 3.25. The first-order valence-electron chi connectivity index (χ1n) is 5.28. The van der Waals surface area contributed by atoms with Crippen LogP contribution in [0.1, 0.15) is 25.0 Å². The molecule has 0 aromatic heterocycles. The maximum atomic E-state index is 9.01. The minimum absolute atomic E-state index is 0.238. The Labute approximate surface area is 97.0 Å². The standard InChI is InChI=1S/C13H18N2O/c1-10-5-6-12(11(7-10)8-14)15-9-13(2,3)16-4/h5-7,15H,9H2,1-4H3. The normalized spacial score (nSPS) is 10.9. The van der Waals surface area contributed by atoms with Crippen molar-refractivity contribution in [2.45, 2.75) is 26.4 Å². The number of methoxy groups -OCH3 is 1. The molecule has 0 radical (unpaired) electrons. The quantitative estimate of drug-likeness (QED) is 0.845. The van der Waals surface area contributed by atoms with Gasteiger partial charge in [0.05, 0.1) is 16.9 Å². The Morgan fingerprint density at radius 3 is 2.69 bits per heavy atom. The number of nitriles is 1. The topological polar surface area (TPSA) is 45.0 Å². The number of hydrogen-bond donors (Lipinski definition) is 1. The smallest absolute Gasteiger partial charge is 0.101 e. The van der Waals surface area contributed by atoms with Crippen molar-refractivity contribution in [3.8, 4) is 6.07 Å². The lowest BCUT2D eigenvalue weighted by Gasteiger charge is -2.24. The van der Waals surface area contributed by atoms with E-state index in [1.807, 2.05) is 39.0 Å². The number of nitrogens with one attached hydrogen (secondary N) is 1. The van der Waals surface area contributed by atoms with Crippen LogP contribution in [-0.4, -0.2) is 19.3 Å². The second-order valence-electron chi connectivity index (χ2n) is 4.48. The molecule has 0 aliphatic heterocycles. The molecule has 1 N–H and O–H groups in total. The van der Waals surface area contributed by atoms with Gasteiger partial charge in [-0.05, 0) is 38.5 Å². The molecule has 1 rings (SSSR count). The zero-order valence-electron chi connectivity index (χ0n) is 10.3. The van der Waals surface area contributed by atoms with Gasteiger partial charge in [-0.2, -0.15) is 5.26 Å². The van der Waals surface area contributed by atoms with Crippen LogP contribution < -0.4 is 5.32 Å². The molecule has 0 heterocycles. The summed E-state index contributed by atoms with van der Waals surface area (Å²) in [5.74, 6) is 0. The highest BCUT2D eigenvalue weighted by molar-refractivity contribution is 5.58. The third-order valence-electron chi connectivity index (χ3n) is 2.55. The molecule has 0 amide bonds. The van der Waals surface area contributed by atoms with Crippen LogP contribution in [0.5, 0.6) is 0 Å². The maximum Gasteiger partial charge on any atom is 0.101 e. The van der Waals surface area contributed by atoms with Gasteiger partial charge in [-0.25, -0.2) is 0 Å². The second kappa shape index (κ2) is 5.00. The number of ether oxygens (including phenoxy) is 1. The summed E-state index contributed by atoms with van der Waals surface area (Å²) in [6.45, 7) is 6.64. The molecular formula is C13H18N2O. The molecule has 0 fully saturated rings. The van der Waals surface area contributed by atoms with Gasteiger partial charge in [-0.1, -0.05) is 6.07 Å². The molecule has 86 valence electrons. The Bertz CT molecular complexity index is 405. The molecule has 16 heavy (non-hydrogen) atoms. The zero-order chi connectivity index (χ0) is 12.2. The van der Waals surface area contributed by atoms with Crippen LogP contribution >= 0.6 is 0 Å². The van der Waals surface area contributed by atoms with E-state index >= 15 is 0 Å². The summed E-state index contributed by atoms with van der Waals surface area (Å²) in [5, 5.41) is 12.2. The highest BCUT2D eigenvalue weighted by atomic mass is 16.5. The first-order chi connectivity index (χ1) is 7.48. The number of hydrogen-bond acceptors (Lipinski definition) is 3. The van der Waals surface area contributed by atoms with Crippen molar-refractivity contribution in [1.29, 1.82) is 5.26 Å². The van der Waals surface area contributed by atoms with Crippen molar-refractivity contribution >= 4 is 5.69 Å². The molecule has 0 saturated carbocycles. The first-order valence-corrected chi connectivity index (χ1v) is 5.28. The minimum Gasteiger partial charge on any atom is -0.381 e. The SMILES string of the molecule is COC(C)(C)CNc1ccc(C)cc1C#N. The van der Waals surface area contributed by atoms with Crippen molar-refractivity contribution in [3.63, 3.8) is 0 Å². The maximum absolute atomic E-state index is 9.01. The summed E-state index contributed by atoms with van der Waals surface area (Å²) in [6, 6.07) is 7.98. The summed E-state index contributed by atoms with van der Waals surface area (Å²) in [5.41, 5.74) is 2.38. The molecule has 1 aromatic carbocycles. The molecule has 0 aliphatic rings. The van der Waals surface area contributed by atoms with E-state index in [9.17, 15) is 0 Å². The fraction of sp³-hybridized carbons (Fsp3) is 0.462. The van der Waals surface area contributed by atoms with Gasteiger partial charge < -0.3 is 10.1 Å². The molecule has 0 aliphatic carbocycles. The van der Waals surface area contributed by atoms with E-state index in [0.717, 1.165) is 11.3 Å². The van der Waals surface area contributed by atoms with Gasteiger partial charge in [0.2, 0.25) is 0 Å². The van der Waals surface area contributed by atoms with Crippen LogP contribution in [-0.2, 0) is 4.74 Å². The Balaban J connectivity index is 2.79.